The number of ether oxygens (including phenoxy) is 2. The molecule has 1 aromatic heterocycles. The van der Waals surface area contributed by atoms with Crippen molar-refractivity contribution in [1.29, 1.82) is 0 Å². The zero-order valence-corrected chi connectivity index (χ0v) is 14.2. The van der Waals surface area contributed by atoms with Crippen LogP contribution in [0.1, 0.15) is 15.9 Å². The van der Waals surface area contributed by atoms with Crippen LogP contribution in [0, 0.1) is 0 Å². The molecule has 0 radical (unpaired) electrons. The first-order valence-electron chi connectivity index (χ1n) is 8.29. The third-order valence-electron chi connectivity index (χ3n) is 3.83. The topological polar surface area (TPSA) is 72.8 Å². The molecule has 0 unspecified atom stereocenters. The maximum Gasteiger partial charge on any atom is 0.271 e. The van der Waals surface area contributed by atoms with Crippen LogP contribution in [0.15, 0.2) is 90.0 Å². The van der Waals surface area contributed by atoms with E-state index in [0.717, 1.165) is 5.56 Å². The highest BCUT2D eigenvalue weighted by atomic mass is 16.6. The van der Waals surface area contributed by atoms with Gasteiger partial charge in [-0.15, -0.1) is 0 Å². The number of carbonyl (C=O) groups excluding carboxylic acids is 1. The predicted molar refractivity (Wildman–Crippen MR) is 101 cm³/mol. The van der Waals surface area contributed by atoms with Crippen molar-refractivity contribution in [2.75, 3.05) is 0 Å². The van der Waals surface area contributed by atoms with Crippen LogP contribution < -0.4 is 14.9 Å². The second kappa shape index (κ2) is 7.53. The molecule has 1 aliphatic rings. The van der Waals surface area contributed by atoms with Gasteiger partial charge in [-0.05, 0) is 36.4 Å². The normalized spacial score (nSPS) is 12.9. The van der Waals surface area contributed by atoms with Crippen molar-refractivity contribution in [3.8, 4) is 11.5 Å². The van der Waals surface area contributed by atoms with E-state index in [1.54, 1.807) is 42.7 Å². The minimum Gasteiger partial charge on any atom is -0.449 e. The minimum atomic E-state index is -0.310. The Labute approximate surface area is 155 Å². The number of fused-ring (bicyclic) bond motifs is 1. The summed E-state index contributed by atoms with van der Waals surface area (Å²) >= 11 is 0. The van der Waals surface area contributed by atoms with E-state index in [1.165, 1.54) is 6.21 Å². The van der Waals surface area contributed by atoms with E-state index >= 15 is 0 Å². The summed E-state index contributed by atoms with van der Waals surface area (Å²) in [6.45, 7) is 0. The fourth-order valence-corrected chi connectivity index (χ4v) is 2.54. The molecule has 132 valence electrons. The van der Waals surface area contributed by atoms with Crippen LogP contribution in [-0.4, -0.2) is 17.1 Å². The summed E-state index contributed by atoms with van der Waals surface area (Å²) in [5, 5.41) is 4.02. The molecule has 1 amide bonds. The molecule has 0 atom stereocenters. The molecule has 2 heterocycles. The summed E-state index contributed by atoms with van der Waals surface area (Å²) in [7, 11) is 0. The zero-order valence-electron chi connectivity index (χ0n) is 14.2. The molecule has 27 heavy (non-hydrogen) atoms. The van der Waals surface area contributed by atoms with Gasteiger partial charge >= 0.3 is 0 Å². The first-order chi connectivity index (χ1) is 13.3. The van der Waals surface area contributed by atoms with E-state index in [0.29, 0.717) is 28.6 Å². The van der Waals surface area contributed by atoms with E-state index in [4.69, 9.17) is 9.47 Å². The van der Waals surface area contributed by atoms with Gasteiger partial charge in [0.15, 0.2) is 23.0 Å². The van der Waals surface area contributed by atoms with Crippen molar-refractivity contribution in [3.63, 3.8) is 0 Å². The van der Waals surface area contributed by atoms with Crippen molar-refractivity contribution in [2.45, 2.75) is 0 Å². The molecule has 0 aliphatic carbocycles. The molecule has 1 N–H and O–H groups in total. The number of hydrogen-bond acceptors (Lipinski definition) is 5. The van der Waals surface area contributed by atoms with Crippen molar-refractivity contribution in [2.24, 2.45) is 5.10 Å². The maximum atomic E-state index is 12.1. The van der Waals surface area contributed by atoms with Gasteiger partial charge in [0.2, 0.25) is 0 Å². The van der Waals surface area contributed by atoms with Gasteiger partial charge in [0.1, 0.15) is 0 Å². The quantitative estimate of drug-likeness (QED) is 0.572. The molecule has 2 aromatic carbocycles. The van der Waals surface area contributed by atoms with Crippen LogP contribution in [0.2, 0.25) is 0 Å². The first kappa shape index (κ1) is 16.5. The second-order valence-electron chi connectivity index (χ2n) is 5.65. The molecule has 0 fully saturated rings. The number of allylic oxidation sites excluding steroid dienone is 1. The van der Waals surface area contributed by atoms with Gasteiger partial charge in [-0.1, -0.05) is 30.3 Å². The summed E-state index contributed by atoms with van der Waals surface area (Å²) in [4.78, 5) is 16.1. The Morgan fingerprint density at radius 1 is 0.889 bits per heavy atom. The average Bonchev–Trinajstić information content (AvgIpc) is 2.74. The van der Waals surface area contributed by atoms with E-state index in [9.17, 15) is 4.79 Å². The van der Waals surface area contributed by atoms with Crippen molar-refractivity contribution in [1.82, 2.24) is 10.4 Å². The van der Waals surface area contributed by atoms with E-state index in [-0.39, 0.29) is 5.91 Å². The molecule has 6 nitrogen and oxygen atoms in total. The summed E-state index contributed by atoms with van der Waals surface area (Å²) in [5.41, 5.74) is 3.80. The number of aromatic nitrogens is 1. The van der Waals surface area contributed by atoms with Crippen LogP contribution in [0.3, 0.4) is 0 Å². The number of amides is 1. The largest absolute Gasteiger partial charge is 0.449 e. The van der Waals surface area contributed by atoms with Crippen molar-refractivity contribution < 1.29 is 14.3 Å². The first-order valence-corrected chi connectivity index (χ1v) is 8.29. The summed E-state index contributed by atoms with van der Waals surface area (Å²) in [5.74, 6) is 1.75. The Bertz CT molecular complexity index is 1020. The highest BCUT2D eigenvalue weighted by Gasteiger charge is 2.21. The highest BCUT2D eigenvalue weighted by molar-refractivity contribution is 5.95. The van der Waals surface area contributed by atoms with E-state index in [1.807, 2.05) is 36.4 Å². The predicted octanol–water partition coefficient (Wildman–Crippen LogP) is 3.64. The highest BCUT2D eigenvalue weighted by Crippen LogP contribution is 2.37. The number of rotatable bonds is 4. The van der Waals surface area contributed by atoms with Crippen molar-refractivity contribution in [3.05, 3.63) is 96.0 Å². The van der Waals surface area contributed by atoms with Crippen LogP contribution >= 0.6 is 0 Å². The molecular formula is C21H15N3O3. The molecule has 1 aliphatic heterocycles. The third kappa shape index (κ3) is 3.69. The molecule has 3 aromatic rings. The number of nitrogens with one attached hydrogen (secondary N) is 1. The molecule has 0 saturated heterocycles. The number of carbonyl (C=O) groups is 1. The number of hydrazone groups is 1. The Morgan fingerprint density at radius 3 is 2.30 bits per heavy atom. The molecule has 6 heteroatoms. The number of pyridine rings is 1. The zero-order chi connectivity index (χ0) is 18.5. The standard InChI is InChI=1S/C21H15N3O3/c25-21(16-6-2-1-3-7-16)24-23-14-19-20(15-10-12-22-13-11-15)27-18-9-5-4-8-17(18)26-19/h1-14H,(H,24,25). The summed E-state index contributed by atoms with van der Waals surface area (Å²) < 4.78 is 11.9. The fraction of sp³-hybridized carbons (Fsp3) is 0. The van der Waals surface area contributed by atoms with Crippen LogP contribution in [0.5, 0.6) is 11.5 Å². The van der Waals surface area contributed by atoms with Crippen molar-refractivity contribution >= 4 is 17.9 Å². The maximum absolute atomic E-state index is 12.1. The number of benzene rings is 2. The van der Waals surface area contributed by atoms with E-state index < -0.39 is 0 Å². The van der Waals surface area contributed by atoms with Gasteiger partial charge in [0.25, 0.3) is 5.91 Å². The number of hydrogen-bond donors (Lipinski definition) is 1. The van der Waals surface area contributed by atoms with Gasteiger partial charge < -0.3 is 9.47 Å². The summed E-state index contributed by atoms with van der Waals surface area (Å²) in [6, 6.07) is 19.8. The van der Waals surface area contributed by atoms with Gasteiger partial charge in [0, 0.05) is 23.5 Å². The lowest BCUT2D eigenvalue weighted by Crippen LogP contribution is -2.19. The Hall–Kier alpha value is -3.93. The van der Waals surface area contributed by atoms with E-state index in [2.05, 4.69) is 15.5 Å². The summed E-state index contributed by atoms with van der Waals surface area (Å²) in [6.07, 6.45) is 4.75. The lowest BCUT2D eigenvalue weighted by Gasteiger charge is -2.21. The number of nitrogens with zero attached hydrogens (tertiary/aromatic N) is 2. The van der Waals surface area contributed by atoms with Gasteiger partial charge in [0.05, 0.1) is 6.21 Å². The van der Waals surface area contributed by atoms with Gasteiger partial charge in [-0.2, -0.15) is 5.10 Å². The molecule has 0 bridgehead atoms. The van der Waals surface area contributed by atoms with Gasteiger partial charge in [-0.3, -0.25) is 9.78 Å². The van der Waals surface area contributed by atoms with Crippen LogP contribution in [0.4, 0.5) is 0 Å². The smallest absolute Gasteiger partial charge is 0.271 e. The lowest BCUT2D eigenvalue weighted by atomic mass is 10.2. The molecule has 0 saturated carbocycles. The second-order valence-corrected chi connectivity index (χ2v) is 5.65. The Balaban J connectivity index is 1.61. The molecular weight excluding hydrogens is 342 g/mol. The average molecular weight is 357 g/mol. The SMILES string of the molecule is O=C(NN=CC1=C(c2ccncc2)Oc2ccccc2O1)c1ccccc1. The molecule has 0 spiro atoms. The lowest BCUT2D eigenvalue weighted by molar-refractivity contribution is 0.0955. The minimum absolute atomic E-state index is 0.310. The number of para-hydroxylation sites is 2. The van der Waals surface area contributed by atoms with Gasteiger partial charge in [-0.25, -0.2) is 5.43 Å². The van der Waals surface area contributed by atoms with Crippen LogP contribution in [-0.2, 0) is 0 Å². The third-order valence-corrected chi connectivity index (χ3v) is 3.83. The molecule has 4 rings (SSSR count). The Morgan fingerprint density at radius 2 is 1.56 bits per heavy atom. The van der Waals surface area contributed by atoms with Crippen LogP contribution in [0.25, 0.3) is 5.76 Å². The monoisotopic (exact) mass is 357 g/mol. The Kier molecular flexibility index (Phi) is 4.61. The fourth-order valence-electron chi connectivity index (χ4n) is 2.54.